The normalized spacial score (nSPS) is 19.5. The molecule has 1 aliphatic carbocycles. The summed E-state index contributed by atoms with van der Waals surface area (Å²) in [5, 5.41) is 2.75. The second kappa shape index (κ2) is 6.56. The Bertz CT molecular complexity index is 648. The molecule has 1 aromatic heterocycles. The van der Waals surface area contributed by atoms with Crippen LogP contribution < -0.4 is 5.32 Å². The molecule has 0 spiro atoms. The van der Waals surface area contributed by atoms with Gasteiger partial charge in [-0.2, -0.15) is 0 Å². The fourth-order valence-electron chi connectivity index (χ4n) is 2.50. The third-order valence-corrected chi connectivity index (χ3v) is 3.80. The standard InChI is InChI=1S/C17H17FN2O2/c18-15-6-13(8-19-10-15)16-7-14(16)9-20-17(21)22-11-12-4-2-1-3-5-12/h1-6,8,10,14,16H,7,9,11H2,(H,20,21). The number of hydrogen-bond donors (Lipinski definition) is 1. The Kier molecular flexibility index (Phi) is 4.32. The smallest absolute Gasteiger partial charge is 0.407 e. The lowest BCUT2D eigenvalue weighted by atomic mass is 10.1. The zero-order chi connectivity index (χ0) is 15.4. The predicted octanol–water partition coefficient (Wildman–Crippen LogP) is 3.25. The number of nitrogens with one attached hydrogen (secondary N) is 1. The molecule has 1 heterocycles. The molecule has 1 fully saturated rings. The minimum absolute atomic E-state index is 0.259. The van der Waals surface area contributed by atoms with Crippen LogP contribution in [-0.4, -0.2) is 17.6 Å². The van der Waals surface area contributed by atoms with Crippen LogP contribution in [0.5, 0.6) is 0 Å². The molecule has 0 radical (unpaired) electrons. The van der Waals surface area contributed by atoms with Gasteiger partial charge in [0, 0.05) is 12.7 Å². The highest BCUT2D eigenvalue weighted by atomic mass is 19.1. The van der Waals surface area contributed by atoms with Crippen LogP contribution in [0.25, 0.3) is 0 Å². The first kappa shape index (κ1) is 14.5. The van der Waals surface area contributed by atoms with Crippen molar-refractivity contribution in [3.63, 3.8) is 0 Å². The van der Waals surface area contributed by atoms with Crippen molar-refractivity contribution in [3.05, 3.63) is 65.7 Å². The van der Waals surface area contributed by atoms with E-state index in [-0.39, 0.29) is 18.3 Å². The summed E-state index contributed by atoms with van der Waals surface area (Å²) in [7, 11) is 0. The predicted molar refractivity (Wildman–Crippen MR) is 79.7 cm³/mol. The van der Waals surface area contributed by atoms with Gasteiger partial charge in [-0.3, -0.25) is 4.98 Å². The molecule has 22 heavy (non-hydrogen) atoms. The van der Waals surface area contributed by atoms with Crippen molar-refractivity contribution < 1.29 is 13.9 Å². The van der Waals surface area contributed by atoms with Gasteiger partial charge in [0.15, 0.2) is 0 Å². The highest BCUT2D eigenvalue weighted by Crippen LogP contribution is 2.46. The number of halogens is 1. The van der Waals surface area contributed by atoms with Gasteiger partial charge < -0.3 is 10.1 Å². The van der Waals surface area contributed by atoms with E-state index in [1.807, 2.05) is 30.3 Å². The Morgan fingerprint density at radius 2 is 2.14 bits per heavy atom. The number of pyridine rings is 1. The van der Waals surface area contributed by atoms with Crippen LogP contribution in [0.3, 0.4) is 0 Å². The number of rotatable bonds is 5. The van der Waals surface area contributed by atoms with E-state index in [0.717, 1.165) is 17.5 Å². The van der Waals surface area contributed by atoms with Gasteiger partial charge in [-0.25, -0.2) is 9.18 Å². The van der Waals surface area contributed by atoms with Crippen molar-refractivity contribution in [2.75, 3.05) is 6.54 Å². The van der Waals surface area contributed by atoms with Crippen LogP contribution in [0.4, 0.5) is 9.18 Å². The minimum Gasteiger partial charge on any atom is -0.445 e. The molecule has 5 heteroatoms. The van der Waals surface area contributed by atoms with Crippen LogP contribution in [0.15, 0.2) is 48.8 Å². The summed E-state index contributed by atoms with van der Waals surface area (Å²) in [5.74, 6) is 0.281. The van der Waals surface area contributed by atoms with Gasteiger partial charge in [0.25, 0.3) is 0 Å². The van der Waals surface area contributed by atoms with E-state index < -0.39 is 6.09 Å². The van der Waals surface area contributed by atoms with Gasteiger partial charge in [-0.1, -0.05) is 30.3 Å². The van der Waals surface area contributed by atoms with Crippen molar-refractivity contribution in [3.8, 4) is 0 Å². The number of nitrogens with zero attached hydrogens (tertiary/aromatic N) is 1. The highest BCUT2D eigenvalue weighted by Gasteiger charge is 2.38. The molecule has 1 N–H and O–H groups in total. The van der Waals surface area contributed by atoms with Gasteiger partial charge in [0.05, 0.1) is 6.20 Å². The number of carbonyl (C=O) groups excluding carboxylic acids is 1. The summed E-state index contributed by atoms with van der Waals surface area (Å²) in [6.45, 7) is 0.795. The first-order valence-corrected chi connectivity index (χ1v) is 7.27. The lowest BCUT2D eigenvalue weighted by Gasteiger charge is -2.07. The Hall–Kier alpha value is -2.43. The van der Waals surface area contributed by atoms with Crippen LogP contribution >= 0.6 is 0 Å². The highest BCUT2D eigenvalue weighted by molar-refractivity contribution is 5.67. The van der Waals surface area contributed by atoms with Crippen LogP contribution in [0.1, 0.15) is 23.5 Å². The number of aromatic nitrogens is 1. The maximum absolute atomic E-state index is 13.1. The molecule has 1 aromatic carbocycles. The average molecular weight is 300 g/mol. The molecule has 0 saturated heterocycles. The quantitative estimate of drug-likeness (QED) is 0.922. The maximum Gasteiger partial charge on any atom is 0.407 e. The Morgan fingerprint density at radius 3 is 2.91 bits per heavy atom. The summed E-state index contributed by atoms with van der Waals surface area (Å²) < 4.78 is 18.2. The van der Waals surface area contributed by atoms with E-state index in [1.54, 1.807) is 6.20 Å². The van der Waals surface area contributed by atoms with Gasteiger partial charge in [-0.05, 0) is 35.4 Å². The summed E-state index contributed by atoms with van der Waals surface area (Å²) in [6.07, 6.45) is 3.39. The Morgan fingerprint density at radius 1 is 1.32 bits per heavy atom. The van der Waals surface area contributed by atoms with Crippen molar-refractivity contribution in [1.82, 2.24) is 10.3 Å². The van der Waals surface area contributed by atoms with Crippen molar-refractivity contribution in [2.24, 2.45) is 5.92 Å². The lowest BCUT2D eigenvalue weighted by molar-refractivity contribution is 0.139. The molecule has 2 aromatic rings. The number of ether oxygens (including phenoxy) is 1. The third-order valence-electron chi connectivity index (χ3n) is 3.80. The monoisotopic (exact) mass is 300 g/mol. The molecule has 114 valence electrons. The van der Waals surface area contributed by atoms with Crippen molar-refractivity contribution in [1.29, 1.82) is 0 Å². The third kappa shape index (κ3) is 3.81. The van der Waals surface area contributed by atoms with Crippen LogP contribution in [-0.2, 0) is 11.3 Å². The van der Waals surface area contributed by atoms with Crippen molar-refractivity contribution >= 4 is 6.09 Å². The summed E-state index contributed by atoms with van der Waals surface area (Å²) in [4.78, 5) is 15.5. The second-order valence-corrected chi connectivity index (χ2v) is 5.48. The molecule has 0 aliphatic heterocycles. The first-order valence-electron chi connectivity index (χ1n) is 7.27. The molecule has 1 amide bonds. The number of amides is 1. The molecular formula is C17H17FN2O2. The largest absolute Gasteiger partial charge is 0.445 e. The summed E-state index contributed by atoms with van der Waals surface area (Å²) in [5.41, 5.74) is 1.84. The summed E-state index contributed by atoms with van der Waals surface area (Å²) >= 11 is 0. The number of benzene rings is 1. The number of alkyl carbamates (subject to hydrolysis) is 1. The zero-order valence-corrected chi connectivity index (χ0v) is 12.0. The van der Waals surface area contributed by atoms with Gasteiger partial charge in [0.2, 0.25) is 0 Å². The van der Waals surface area contributed by atoms with E-state index >= 15 is 0 Å². The first-order chi connectivity index (χ1) is 10.7. The minimum atomic E-state index is -0.424. The topological polar surface area (TPSA) is 51.2 Å². The number of carbonyl (C=O) groups is 1. The van der Waals surface area contributed by atoms with E-state index in [1.165, 1.54) is 12.3 Å². The molecular weight excluding hydrogens is 283 g/mol. The van der Waals surface area contributed by atoms with Crippen LogP contribution in [0.2, 0.25) is 0 Å². The molecule has 3 rings (SSSR count). The molecule has 1 aliphatic rings. The van der Waals surface area contributed by atoms with E-state index in [0.29, 0.717) is 12.5 Å². The van der Waals surface area contributed by atoms with Gasteiger partial charge in [-0.15, -0.1) is 0 Å². The molecule has 4 nitrogen and oxygen atoms in total. The molecule has 2 atom stereocenters. The molecule has 2 unspecified atom stereocenters. The van der Waals surface area contributed by atoms with E-state index in [9.17, 15) is 9.18 Å². The van der Waals surface area contributed by atoms with Gasteiger partial charge in [0.1, 0.15) is 12.4 Å². The number of hydrogen-bond acceptors (Lipinski definition) is 3. The summed E-state index contributed by atoms with van der Waals surface area (Å²) in [6, 6.07) is 11.0. The SMILES string of the molecule is O=C(NCC1CC1c1cncc(F)c1)OCc1ccccc1. The zero-order valence-electron chi connectivity index (χ0n) is 12.0. The Labute approximate surface area is 128 Å². The average Bonchev–Trinajstić information content (AvgIpc) is 3.32. The fraction of sp³-hybridized carbons (Fsp3) is 0.294. The maximum atomic E-state index is 13.1. The van der Waals surface area contributed by atoms with Gasteiger partial charge >= 0.3 is 6.09 Å². The lowest BCUT2D eigenvalue weighted by Crippen LogP contribution is -2.26. The van der Waals surface area contributed by atoms with E-state index in [2.05, 4.69) is 10.3 Å². The van der Waals surface area contributed by atoms with Crippen LogP contribution in [0, 0.1) is 11.7 Å². The Balaban J connectivity index is 1.39. The fourth-order valence-corrected chi connectivity index (χ4v) is 2.50. The van der Waals surface area contributed by atoms with E-state index in [4.69, 9.17) is 4.74 Å². The molecule has 0 bridgehead atoms. The van der Waals surface area contributed by atoms with Crippen molar-refractivity contribution in [2.45, 2.75) is 18.9 Å². The molecule has 1 saturated carbocycles. The second-order valence-electron chi connectivity index (χ2n) is 5.48.